The Morgan fingerprint density at radius 3 is 2.37 bits per heavy atom. The van der Waals surface area contributed by atoms with E-state index < -0.39 is 0 Å². The Balaban J connectivity index is 1.32. The number of hydrogen-bond acceptors (Lipinski definition) is 4. The van der Waals surface area contributed by atoms with Gasteiger partial charge in [-0.15, -0.1) is 0 Å². The van der Waals surface area contributed by atoms with E-state index in [2.05, 4.69) is 17.5 Å². The number of hydrogen-bond donors (Lipinski definition) is 1. The maximum absolute atomic E-state index is 13.2. The van der Waals surface area contributed by atoms with Crippen LogP contribution in [0.2, 0.25) is 0 Å². The summed E-state index contributed by atoms with van der Waals surface area (Å²) in [6.07, 6.45) is 4.42. The molecule has 2 heterocycles. The van der Waals surface area contributed by atoms with Crippen LogP contribution in [0.4, 0.5) is 0 Å². The number of rotatable bonds is 4. The number of fused-ring (bicyclic) bond motifs is 1. The van der Waals surface area contributed by atoms with Gasteiger partial charge in [0, 0.05) is 36.2 Å². The van der Waals surface area contributed by atoms with E-state index in [4.69, 9.17) is 4.42 Å². The van der Waals surface area contributed by atoms with E-state index >= 15 is 0 Å². The molecule has 1 fully saturated rings. The van der Waals surface area contributed by atoms with Crippen molar-refractivity contribution in [1.29, 1.82) is 0 Å². The van der Waals surface area contributed by atoms with Gasteiger partial charge in [0.2, 0.25) is 0 Å². The van der Waals surface area contributed by atoms with Crippen LogP contribution in [0.15, 0.2) is 64.1 Å². The van der Waals surface area contributed by atoms with Gasteiger partial charge in [-0.2, -0.15) is 5.10 Å². The molecule has 6 heteroatoms. The van der Waals surface area contributed by atoms with E-state index in [0.717, 1.165) is 78.9 Å². The summed E-state index contributed by atoms with van der Waals surface area (Å²) in [6, 6.07) is 17.6. The Morgan fingerprint density at radius 1 is 0.971 bits per heavy atom. The fourth-order valence-electron chi connectivity index (χ4n) is 4.97. The van der Waals surface area contributed by atoms with Crippen LogP contribution in [0.3, 0.4) is 0 Å². The number of benzene rings is 2. The minimum absolute atomic E-state index is 0.0364. The average Bonchev–Trinajstić information content (AvgIpc) is 3.25. The van der Waals surface area contributed by atoms with E-state index in [1.807, 2.05) is 66.4 Å². The molecule has 1 aliphatic heterocycles. The maximum atomic E-state index is 13.2. The summed E-state index contributed by atoms with van der Waals surface area (Å²) in [5, 5.41) is 4.47. The van der Waals surface area contributed by atoms with Crippen molar-refractivity contribution in [2.75, 3.05) is 13.1 Å². The van der Waals surface area contributed by atoms with Gasteiger partial charge in [0.1, 0.15) is 5.76 Å². The first-order valence-electron chi connectivity index (χ1n) is 12.5. The average molecular weight is 470 g/mol. The molecule has 2 amide bonds. The van der Waals surface area contributed by atoms with E-state index in [9.17, 15) is 9.59 Å². The second-order valence-corrected chi connectivity index (χ2v) is 9.63. The summed E-state index contributed by atoms with van der Waals surface area (Å²) < 4.78 is 6.07. The molecule has 1 aliphatic carbocycles. The van der Waals surface area contributed by atoms with Crippen molar-refractivity contribution in [2.24, 2.45) is 11.0 Å². The van der Waals surface area contributed by atoms with Crippen LogP contribution < -0.4 is 5.43 Å². The molecule has 5 rings (SSSR count). The molecule has 1 saturated heterocycles. The molecule has 2 aromatic carbocycles. The van der Waals surface area contributed by atoms with Gasteiger partial charge in [-0.1, -0.05) is 49.4 Å². The number of aryl methyl sites for hydroxylation is 1. The summed E-state index contributed by atoms with van der Waals surface area (Å²) >= 11 is 0. The molecule has 0 saturated carbocycles. The first-order valence-corrected chi connectivity index (χ1v) is 12.5. The smallest absolute Gasteiger partial charge is 0.289 e. The van der Waals surface area contributed by atoms with Gasteiger partial charge in [-0.25, -0.2) is 5.43 Å². The van der Waals surface area contributed by atoms with Crippen molar-refractivity contribution in [3.63, 3.8) is 0 Å². The molecule has 1 aromatic heterocycles. The summed E-state index contributed by atoms with van der Waals surface area (Å²) in [6.45, 7) is 5.69. The zero-order valence-corrected chi connectivity index (χ0v) is 20.3. The normalized spacial score (nSPS) is 17.3. The Hall–Kier alpha value is -3.67. The second kappa shape index (κ2) is 9.90. The number of nitrogens with zero attached hydrogens (tertiary/aromatic N) is 2. The summed E-state index contributed by atoms with van der Waals surface area (Å²) in [5.41, 5.74) is 7.89. The molecule has 0 spiro atoms. The van der Waals surface area contributed by atoms with Gasteiger partial charge < -0.3 is 9.32 Å². The van der Waals surface area contributed by atoms with E-state index in [1.54, 1.807) is 0 Å². The molecular weight excluding hydrogens is 438 g/mol. The highest BCUT2D eigenvalue weighted by Gasteiger charge is 2.31. The van der Waals surface area contributed by atoms with E-state index in [0.29, 0.717) is 17.2 Å². The van der Waals surface area contributed by atoms with Crippen molar-refractivity contribution < 1.29 is 14.0 Å². The van der Waals surface area contributed by atoms with Gasteiger partial charge >= 0.3 is 0 Å². The molecule has 0 atom stereocenters. The maximum Gasteiger partial charge on any atom is 0.289 e. The number of piperidine rings is 1. The molecule has 180 valence electrons. The number of likely N-dealkylation sites (tertiary alicyclic amines) is 1. The SMILES string of the molecule is Cc1c(C(=O)N2CCC(C)CC2)oc2c1/C(=N/NC(=O)c1ccc(-c3ccccc3)cc1)CCC2. The van der Waals surface area contributed by atoms with Gasteiger partial charge in [-0.3, -0.25) is 9.59 Å². The topological polar surface area (TPSA) is 74.9 Å². The number of carbonyl (C=O) groups is 2. The quantitative estimate of drug-likeness (QED) is 0.506. The molecule has 35 heavy (non-hydrogen) atoms. The molecular formula is C29H31N3O3. The van der Waals surface area contributed by atoms with Crippen molar-refractivity contribution in [3.8, 4) is 11.1 Å². The lowest BCUT2D eigenvalue weighted by Gasteiger charge is -2.29. The Bertz CT molecular complexity index is 1250. The Morgan fingerprint density at radius 2 is 1.66 bits per heavy atom. The lowest BCUT2D eigenvalue weighted by atomic mass is 9.93. The van der Waals surface area contributed by atoms with Gasteiger partial charge in [0.15, 0.2) is 5.76 Å². The minimum Gasteiger partial charge on any atom is -0.455 e. The van der Waals surface area contributed by atoms with Crippen LogP contribution in [0.5, 0.6) is 0 Å². The molecule has 0 radical (unpaired) electrons. The minimum atomic E-state index is -0.260. The predicted molar refractivity (Wildman–Crippen MR) is 137 cm³/mol. The lowest BCUT2D eigenvalue weighted by Crippen LogP contribution is -2.38. The third-order valence-corrected chi connectivity index (χ3v) is 7.14. The third-order valence-electron chi connectivity index (χ3n) is 7.14. The monoisotopic (exact) mass is 469 g/mol. The lowest BCUT2D eigenvalue weighted by molar-refractivity contribution is 0.0662. The summed E-state index contributed by atoms with van der Waals surface area (Å²) in [4.78, 5) is 27.8. The Labute approximate surface area is 206 Å². The number of carbonyl (C=O) groups excluding carboxylic acids is 2. The van der Waals surface area contributed by atoms with Crippen molar-refractivity contribution in [1.82, 2.24) is 10.3 Å². The van der Waals surface area contributed by atoms with Crippen LogP contribution in [-0.2, 0) is 6.42 Å². The Kier molecular flexibility index (Phi) is 6.53. The highest BCUT2D eigenvalue weighted by molar-refractivity contribution is 6.07. The standard InChI is InChI=1S/C29H31N3O3/c1-19-15-17-32(18-16-19)29(34)27-20(2)26-24(9-6-10-25(26)35-27)30-31-28(33)23-13-11-22(12-14-23)21-7-4-3-5-8-21/h3-5,7-8,11-14,19H,6,9-10,15-18H2,1-2H3,(H,31,33)/b30-24+. The van der Waals surface area contributed by atoms with Crippen molar-refractivity contribution >= 4 is 17.5 Å². The molecule has 6 nitrogen and oxygen atoms in total. The predicted octanol–water partition coefficient (Wildman–Crippen LogP) is 5.60. The van der Waals surface area contributed by atoms with Crippen molar-refractivity contribution in [2.45, 2.75) is 46.0 Å². The van der Waals surface area contributed by atoms with E-state index in [1.165, 1.54) is 0 Å². The fraction of sp³-hybridized carbons (Fsp3) is 0.345. The fourth-order valence-corrected chi connectivity index (χ4v) is 4.97. The first-order chi connectivity index (χ1) is 17.0. The highest BCUT2D eigenvalue weighted by Crippen LogP contribution is 2.31. The third kappa shape index (κ3) is 4.78. The second-order valence-electron chi connectivity index (χ2n) is 9.63. The summed E-state index contributed by atoms with van der Waals surface area (Å²) in [5.74, 6) is 1.57. The van der Waals surface area contributed by atoms with Crippen LogP contribution >= 0.6 is 0 Å². The van der Waals surface area contributed by atoms with Gasteiger partial charge in [0.05, 0.1) is 5.71 Å². The van der Waals surface area contributed by atoms with E-state index in [-0.39, 0.29) is 11.8 Å². The zero-order chi connectivity index (χ0) is 24.4. The van der Waals surface area contributed by atoms with Crippen LogP contribution in [0.1, 0.15) is 70.4 Å². The molecule has 0 bridgehead atoms. The molecule has 3 aromatic rings. The number of amides is 2. The van der Waals surface area contributed by atoms with Crippen LogP contribution in [0.25, 0.3) is 11.1 Å². The highest BCUT2D eigenvalue weighted by atomic mass is 16.4. The van der Waals surface area contributed by atoms with Crippen LogP contribution in [0, 0.1) is 12.8 Å². The largest absolute Gasteiger partial charge is 0.455 e. The zero-order valence-electron chi connectivity index (χ0n) is 20.3. The molecule has 1 N–H and O–H groups in total. The van der Waals surface area contributed by atoms with Gasteiger partial charge in [0.25, 0.3) is 11.8 Å². The molecule has 2 aliphatic rings. The summed E-state index contributed by atoms with van der Waals surface area (Å²) in [7, 11) is 0. The first kappa shape index (κ1) is 23.1. The van der Waals surface area contributed by atoms with Gasteiger partial charge in [-0.05, 0) is 61.8 Å². The number of hydrazone groups is 1. The number of furan rings is 1. The van der Waals surface area contributed by atoms with Crippen LogP contribution in [-0.4, -0.2) is 35.5 Å². The van der Waals surface area contributed by atoms with Crippen molar-refractivity contribution in [3.05, 3.63) is 82.8 Å². The number of nitrogens with one attached hydrogen (secondary N) is 1. The molecule has 0 unspecified atom stereocenters.